The van der Waals surface area contributed by atoms with Crippen LogP contribution >= 0.6 is 11.6 Å². The Labute approximate surface area is 114 Å². The highest BCUT2D eigenvalue weighted by molar-refractivity contribution is 6.32. The monoisotopic (exact) mass is 271 g/mol. The average Bonchev–Trinajstić information content (AvgIpc) is 2.41. The molecule has 3 rings (SSSR count). The van der Waals surface area contributed by atoms with Crippen LogP contribution in [0.1, 0.15) is 5.82 Å². The molecule has 2 heterocycles. The van der Waals surface area contributed by atoms with Gasteiger partial charge in [0.2, 0.25) is 0 Å². The molecule has 3 aromatic rings. The molecular weight excluding hydrogens is 262 g/mol. The highest BCUT2D eigenvalue weighted by Crippen LogP contribution is 2.19. The van der Waals surface area contributed by atoms with Crippen molar-refractivity contribution in [2.75, 3.05) is 0 Å². The molecule has 94 valence electrons. The standard InChI is InChI=1S/C14H10ClN3O/c1-9-17-13-10(5-4-8-16-13)14(19)18(9)12-7-3-2-6-11(12)15/h2-8H,1H3. The quantitative estimate of drug-likeness (QED) is 0.684. The molecule has 0 unspecified atom stereocenters. The van der Waals surface area contributed by atoms with Crippen LogP contribution in [0.2, 0.25) is 5.02 Å². The number of aromatic nitrogens is 3. The van der Waals surface area contributed by atoms with Crippen LogP contribution in [-0.4, -0.2) is 14.5 Å². The fourth-order valence-corrected chi connectivity index (χ4v) is 2.26. The molecule has 0 fully saturated rings. The van der Waals surface area contributed by atoms with Crippen molar-refractivity contribution >= 4 is 22.6 Å². The number of para-hydroxylation sites is 1. The van der Waals surface area contributed by atoms with Gasteiger partial charge in [0.15, 0.2) is 5.65 Å². The predicted octanol–water partition coefficient (Wildman–Crippen LogP) is 2.74. The summed E-state index contributed by atoms with van der Waals surface area (Å²) in [7, 11) is 0. The van der Waals surface area contributed by atoms with E-state index in [1.807, 2.05) is 12.1 Å². The third kappa shape index (κ3) is 1.90. The molecule has 0 N–H and O–H groups in total. The fourth-order valence-electron chi connectivity index (χ4n) is 2.04. The SMILES string of the molecule is Cc1nc2ncccc2c(=O)n1-c1ccccc1Cl. The minimum atomic E-state index is -0.163. The van der Waals surface area contributed by atoms with Gasteiger partial charge in [0, 0.05) is 6.20 Å². The summed E-state index contributed by atoms with van der Waals surface area (Å²) >= 11 is 6.15. The van der Waals surface area contributed by atoms with E-state index in [0.29, 0.717) is 27.6 Å². The van der Waals surface area contributed by atoms with E-state index in [2.05, 4.69) is 9.97 Å². The summed E-state index contributed by atoms with van der Waals surface area (Å²) in [6, 6.07) is 10.6. The van der Waals surface area contributed by atoms with Crippen molar-refractivity contribution < 1.29 is 0 Å². The van der Waals surface area contributed by atoms with Crippen molar-refractivity contribution in [3.63, 3.8) is 0 Å². The van der Waals surface area contributed by atoms with E-state index < -0.39 is 0 Å². The van der Waals surface area contributed by atoms with Crippen LogP contribution in [0, 0.1) is 6.92 Å². The molecule has 1 aromatic carbocycles. The smallest absolute Gasteiger partial charge is 0.267 e. The maximum Gasteiger partial charge on any atom is 0.267 e. The van der Waals surface area contributed by atoms with Crippen molar-refractivity contribution in [2.24, 2.45) is 0 Å². The first kappa shape index (κ1) is 11.9. The summed E-state index contributed by atoms with van der Waals surface area (Å²) in [5.74, 6) is 0.560. The van der Waals surface area contributed by atoms with Gasteiger partial charge in [-0.05, 0) is 31.2 Å². The van der Waals surface area contributed by atoms with E-state index in [0.717, 1.165) is 0 Å². The zero-order chi connectivity index (χ0) is 13.4. The molecule has 0 aliphatic carbocycles. The van der Waals surface area contributed by atoms with E-state index in [1.165, 1.54) is 4.57 Å². The Morgan fingerprint density at radius 1 is 1.16 bits per heavy atom. The number of nitrogens with zero attached hydrogens (tertiary/aromatic N) is 3. The van der Waals surface area contributed by atoms with Gasteiger partial charge in [0.1, 0.15) is 5.82 Å². The molecular formula is C14H10ClN3O. The Balaban J connectivity index is 2.43. The molecule has 0 amide bonds. The Morgan fingerprint density at radius 2 is 1.95 bits per heavy atom. The van der Waals surface area contributed by atoms with Crippen LogP contribution in [0.3, 0.4) is 0 Å². The zero-order valence-electron chi connectivity index (χ0n) is 10.2. The van der Waals surface area contributed by atoms with Gasteiger partial charge in [-0.2, -0.15) is 0 Å². The van der Waals surface area contributed by atoms with Crippen LogP contribution < -0.4 is 5.56 Å². The number of benzene rings is 1. The summed E-state index contributed by atoms with van der Waals surface area (Å²) in [5.41, 5.74) is 0.918. The third-order valence-corrected chi connectivity index (χ3v) is 3.22. The summed E-state index contributed by atoms with van der Waals surface area (Å²) in [5, 5.41) is 0.991. The second kappa shape index (κ2) is 4.48. The van der Waals surface area contributed by atoms with Crippen molar-refractivity contribution in [3.8, 4) is 5.69 Å². The van der Waals surface area contributed by atoms with Crippen molar-refractivity contribution in [1.29, 1.82) is 0 Å². The van der Waals surface area contributed by atoms with Crippen LogP contribution in [0.4, 0.5) is 0 Å². The third-order valence-electron chi connectivity index (χ3n) is 2.90. The molecule has 19 heavy (non-hydrogen) atoms. The molecule has 5 heteroatoms. The Kier molecular flexibility index (Phi) is 2.80. The molecule has 0 aliphatic rings. The molecule has 2 aromatic heterocycles. The topological polar surface area (TPSA) is 47.8 Å². The second-order valence-corrected chi connectivity index (χ2v) is 4.53. The van der Waals surface area contributed by atoms with E-state index in [9.17, 15) is 4.79 Å². The van der Waals surface area contributed by atoms with Crippen molar-refractivity contribution in [2.45, 2.75) is 6.92 Å². The summed E-state index contributed by atoms with van der Waals surface area (Å²) in [6.07, 6.45) is 1.62. The normalized spacial score (nSPS) is 10.8. The lowest BCUT2D eigenvalue weighted by atomic mass is 10.2. The molecule has 0 spiro atoms. The Morgan fingerprint density at radius 3 is 2.74 bits per heavy atom. The minimum absolute atomic E-state index is 0.163. The van der Waals surface area contributed by atoms with Gasteiger partial charge in [-0.15, -0.1) is 0 Å². The molecule has 0 aliphatic heterocycles. The number of pyridine rings is 1. The first-order valence-electron chi connectivity index (χ1n) is 5.78. The molecule has 0 radical (unpaired) electrons. The first-order valence-corrected chi connectivity index (χ1v) is 6.15. The number of hydrogen-bond acceptors (Lipinski definition) is 3. The van der Waals surface area contributed by atoms with Gasteiger partial charge in [0.25, 0.3) is 5.56 Å². The number of hydrogen-bond donors (Lipinski definition) is 0. The number of halogens is 1. The van der Waals surface area contributed by atoms with E-state index in [-0.39, 0.29) is 5.56 Å². The highest BCUT2D eigenvalue weighted by Gasteiger charge is 2.12. The van der Waals surface area contributed by atoms with Gasteiger partial charge in [0.05, 0.1) is 16.1 Å². The largest absolute Gasteiger partial charge is 0.268 e. The number of aryl methyl sites for hydroxylation is 1. The summed E-state index contributed by atoms with van der Waals surface area (Å²) < 4.78 is 1.51. The fraction of sp³-hybridized carbons (Fsp3) is 0.0714. The van der Waals surface area contributed by atoms with Gasteiger partial charge in [-0.25, -0.2) is 9.97 Å². The number of rotatable bonds is 1. The van der Waals surface area contributed by atoms with Gasteiger partial charge >= 0.3 is 0 Å². The minimum Gasteiger partial charge on any atom is -0.268 e. The van der Waals surface area contributed by atoms with Crippen LogP contribution in [0.5, 0.6) is 0 Å². The zero-order valence-corrected chi connectivity index (χ0v) is 10.9. The van der Waals surface area contributed by atoms with E-state index in [4.69, 9.17) is 11.6 Å². The maximum atomic E-state index is 12.5. The second-order valence-electron chi connectivity index (χ2n) is 4.13. The van der Waals surface area contributed by atoms with Crippen molar-refractivity contribution in [3.05, 3.63) is 63.8 Å². The first-order chi connectivity index (χ1) is 9.18. The maximum absolute atomic E-state index is 12.5. The van der Waals surface area contributed by atoms with Crippen LogP contribution in [-0.2, 0) is 0 Å². The van der Waals surface area contributed by atoms with Gasteiger partial charge < -0.3 is 0 Å². The lowest BCUT2D eigenvalue weighted by molar-refractivity contribution is 0.889. The molecule has 4 nitrogen and oxygen atoms in total. The predicted molar refractivity (Wildman–Crippen MR) is 74.9 cm³/mol. The van der Waals surface area contributed by atoms with E-state index in [1.54, 1.807) is 37.4 Å². The van der Waals surface area contributed by atoms with Crippen LogP contribution in [0.25, 0.3) is 16.7 Å². The number of fused-ring (bicyclic) bond motifs is 1. The lowest BCUT2D eigenvalue weighted by Gasteiger charge is -2.11. The molecule has 0 saturated heterocycles. The average molecular weight is 272 g/mol. The van der Waals surface area contributed by atoms with Gasteiger partial charge in [-0.3, -0.25) is 9.36 Å². The summed E-state index contributed by atoms with van der Waals surface area (Å²) in [6.45, 7) is 1.76. The molecule has 0 atom stereocenters. The van der Waals surface area contributed by atoms with Crippen LogP contribution in [0.15, 0.2) is 47.4 Å². The molecule has 0 bridgehead atoms. The lowest BCUT2D eigenvalue weighted by Crippen LogP contribution is -2.22. The van der Waals surface area contributed by atoms with E-state index >= 15 is 0 Å². The summed E-state index contributed by atoms with van der Waals surface area (Å²) in [4.78, 5) is 21.0. The Bertz CT molecular complexity index is 826. The van der Waals surface area contributed by atoms with Gasteiger partial charge in [-0.1, -0.05) is 23.7 Å². The Hall–Kier alpha value is -2.20. The molecule has 0 saturated carbocycles. The van der Waals surface area contributed by atoms with Crippen molar-refractivity contribution in [1.82, 2.24) is 14.5 Å². The highest BCUT2D eigenvalue weighted by atomic mass is 35.5.